The first-order chi connectivity index (χ1) is 12.6. The Morgan fingerprint density at radius 2 is 1.88 bits per heavy atom. The van der Waals surface area contributed by atoms with Gasteiger partial charge in [0, 0.05) is 70.6 Å². The molecular formula is C19H30N6O. The van der Waals surface area contributed by atoms with Gasteiger partial charge in [-0.05, 0) is 12.8 Å². The van der Waals surface area contributed by atoms with E-state index in [4.69, 9.17) is 9.84 Å². The van der Waals surface area contributed by atoms with Crippen molar-refractivity contribution in [3.05, 3.63) is 29.3 Å². The maximum absolute atomic E-state index is 5.77. The zero-order chi connectivity index (χ0) is 18.1. The molecule has 0 spiro atoms. The van der Waals surface area contributed by atoms with Gasteiger partial charge in [-0.25, -0.2) is 0 Å². The largest absolute Gasteiger partial charge is 0.379 e. The normalized spacial score (nSPS) is 25.2. The molecule has 7 nitrogen and oxygen atoms in total. The van der Waals surface area contributed by atoms with Crippen LogP contribution in [0, 0.1) is 0 Å². The van der Waals surface area contributed by atoms with Gasteiger partial charge in [-0.2, -0.15) is 5.10 Å². The van der Waals surface area contributed by atoms with Crippen LogP contribution in [0.5, 0.6) is 0 Å². The molecule has 1 saturated carbocycles. The Balaban J connectivity index is 1.49. The van der Waals surface area contributed by atoms with Crippen molar-refractivity contribution in [3.8, 4) is 0 Å². The molecule has 0 amide bonds. The third-order valence-corrected chi connectivity index (χ3v) is 5.97. The minimum absolute atomic E-state index is 0.168. The molecule has 1 saturated heterocycles. The Hall–Kier alpha value is -1.73. The van der Waals surface area contributed by atoms with Gasteiger partial charge in [-0.1, -0.05) is 24.5 Å². The molecule has 0 N–H and O–H groups in total. The number of likely N-dealkylation sites (tertiary alicyclic amines) is 1. The van der Waals surface area contributed by atoms with Gasteiger partial charge in [0.05, 0.1) is 17.5 Å². The van der Waals surface area contributed by atoms with E-state index in [1.165, 1.54) is 43.4 Å². The smallest absolute Gasteiger partial charge is 0.0897 e. The quantitative estimate of drug-likeness (QED) is 0.820. The summed E-state index contributed by atoms with van der Waals surface area (Å²) in [7, 11) is 5.76. The highest BCUT2D eigenvalue weighted by Crippen LogP contribution is 2.35. The zero-order valence-electron chi connectivity index (χ0n) is 16.1. The topological polar surface area (TPSA) is 61.0 Å². The van der Waals surface area contributed by atoms with Gasteiger partial charge in [0.25, 0.3) is 0 Å². The Morgan fingerprint density at radius 1 is 1.08 bits per heavy atom. The summed E-state index contributed by atoms with van der Waals surface area (Å²) in [6.07, 6.45) is 11.0. The first kappa shape index (κ1) is 17.7. The van der Waals surface area contributed by atoms with Gasteiger partial charge in [-0.15, -0.1) is 5.10 Å². The van der Waals surface area contributed by atoms with Crippen LogP contribution in [-0.4, -0.2) is 56.0 Å². The summed E-state index contributed by atoms with van der Waals surface area (Å²) in [5.41, 5.74) is 3.73. The van der Waals surface area contributed by atoms with Crippen molar-refractivity contribution in [2.45, 2.75) is 56.6 Å². The molecule has 0 bridgehead atoms. The number of methoxy groups -OCH3 is 1. The third kappa shape index (κ3) is 3.55. The lowest BCUT2D eigenvalue weighted by Gasteiger charge is -2.22. The third-order valence-electron chi connectivity index (χ3n) is 5.97. The predicted octanol–water partition coefficient (Wildman–Crippen LogP) is 2.21. The van der Waals surface area contributed by atoms with E-state index in [1.54, 1.807) is 11.8 Å². The van der Waals surface area contributed by atoms with Gasteiger partial charge >= 0.3 is 0 Å². The molecule has 0 unspecified atom stereocenters. The van der Waals surface area contributed by atoms with Crippen LogP contribution < -0.4 is 0 Å². The molecule has 2 aromatic rings. The Kier molecular flexibility index (Phi) is 5.09. The molecule has 0 radical (unpaired) electrons. The lowest BCUT2D eigenvalue weighted by Crippen LogP contribution is -2.23. The monoisotopic (exact) mass is 358 g/mol. The molecule has 1 aliphatic carbocycles. The summed E-state index contributed by atoms with van der Waals surface area (Å²) in [4.78, 5) is 2.48. The van der Waals surface area contributed by atoms with Gasteiger partial charge in [0.2, 0.25) is 0 Å². The van der Waals surface area contributed by atoms with E-state index in [1.807, 2.05) is 25.0 Å². The number of aryl methyl sites for hydroxylation is 2. The minimum Gasteiger partial charge on any atom is -0.379 e. The highest BCUT2D eigenvalue weighted by atomic mass is 16.5. The van der Waals surface area contributed by atoms with Crippen LogP contribution >= 0.6 is 0 Å². The van der Waals surface area contributed by atoms with E-state index in [-0.39, 0.29) is 12.0 Å². The average Bonchev–Trinajstić information content (AvgIpc) is 3.34. The first-order valence-corrected chi connectivity index (χ1v) is 9.78. The molecular weight excluding hydrogens is 328 g/mol. The van der Waals surface area contributed by atoms with E-state index in [2.05, 4.69) is 21.4 Å². The number of rotatable bonds is 5. The van der Waals surface area contributed by atoms with Crippen LogP contribution in [-0.2, 0) is 25.4 Å². The van der Waals surface area contributed by atoms with Crippen LogP contribution in [0.3, 0.4) is 0 Å². The second-order valence-electron chi connectivity index (χ2n) is 7.94. The lowest BCUT2D eigenvalue weighted by atomic mass is 9.85. The van der Waals surface area contributed by atoms with E-state index in [0.29, 0.717) is 5.92 Å². The molecule has 2 atom stereocenters. The zero-order valence-corrected chi connectivity index (χ0v) is 16.1. The lowest BCUT2D eigenvalue weighted by molar-refractivity contribution is 0.0957. The molecule has 3 heterocycles. The van der Waals surface area contributed by atoms with Crippen molar-refractivity contribution in [3.63, 3.8) is 0 Å². The molecule has 2 aliphatic rings. The Bertz CT molecular complexity index is 732. The van der Waals surface area contributed by atoms with E-state index < -0.39 is 0 Å². The van der Waals surface area contributed by atoms with Gasteiger partial charge < -0.3 is 4.74 Å². The molecule has 7 heteroatoms. The average molecular weight is 358 g/mol. The van der Waals surface area contributed by atoms with Crippen molar-refractivity contribution in [2.75, 3.05) is 20.2 Å². The van der Waals surface area contributed by atoms with Gasteiger partial charge in [0.1, 0.15) is 0 Å². The fourth-order valence-electron chi connectivity index (χ4n) is 4.68. The summed E-state index contributed by atoms with van der Waals surface area (Å²) >= 11 is 0. The number of hydrogen-bond donors (Lipinski definition) is 0. The number of aromatic nitrogens is 5. The molecule has 142 valence electrons. The molecule has 2 aromatic heterocycles. The molecule has 26 heavy (non-hydrogen) atoms. The summed E-state index contributed by atoms with van der Waals surface area (Å²) in [6.45, 7) is 2.82. The van der Waals surface area contributed by atoms with Crippen molar-refractivity contribution in [2.24, 2.45) is 14.1 Å². The highest BCUT2D eigenvalue weighted by molar-refractivity contribution is 5.22. The van der Waals surface area contributed by atoms with Crippen LogP contribution in [0.1, 0.15) is 60.9 Å². The highest BCUT2D eigenvalue weighted by Gasteiger charge is 2.36. The number of nitrogens with zero attached hydrogens (tertiary/aromatic N) is 6. The maximum Gasteiger partial charge on any atom is 0.0897 e. The SMILES string of the molecule is CO[C@@H]1CN(Cc2cn(C)nc2C2CCCCC2)C[C@H]1c1cn(C)nn1. The van der Waals surface area contributed by atoms with E-state index in [9.17, 15) is 0 Å². The second-order valence-corrected chi connectivity index (χ2v) is 7.94. The summed E-state index contributed by atoms with van der Waals surface area (Å²) in [5, 5.41) is 13.2. The Morgan fingerprint density at radius 3 is 2.58 bits per heavy atom. The van der Waals surface area contributed by atoms with Crippen LogP contribution in [0.15, 0.2) is 12.4 Å². The van der Waals surface area contributed by atoms with E-state index in [0.717, 1.165) is 25.3 Å². The van der Waals surface area contributed by atoms with Crippen LogP contribution in [0.25, 0.3) is 0 Å². The molecule has 4 rings (SSSR count). The van der Waals surface area contributed by atoms with Crippen LogP contribution in [0.4, 0.5) is 0 Å². The number of ether oxygens (including phenoxy) is 1. The predicted molar refractivity (Wildman–Crippen MR) is 98.9 cm³/mol. The molecule has 0 aromatic carbocycles. The first-order valence-electron chi connectivity index (χ1n) is 9.78. The number of hydrogen-bond acceptors (Lipinski definition) is 5. The van der Waals surface area contributed by atoms with Gasteiger partial charge in [-0.3, -0.25) is 14.3 Å². The van der Waals surface area contributed by atoms with Crippen molar-refractivity contribution in [1.82, 2.24) is 29.7 Å². The standard InChI is InChI=1S/C19H30N6O/c1-23-9-15(19(21-23)14-7-5-4-6-8-14)10-25-11-16(18(13-25)26-3)17-12-24(2)22-20-17/h9,12,14,16,18H,4-8,10-11,13H2,1-3H3/t16-,18+/m0/s1. The summed E-state index contributed by atoms with van der Waals surface area (Å²) in [5.74, 6) is 0.917. The fraction of sp³-hybridized carbons (Fsp3) is 0.737. The minimum atomic E-state index is 0.168. The van der Waals surface area contributed by atoms with Crippen molar-refractivity contribution < 1.29 is 4.74 Å². The van der Waals surface area contributed by atoms with Gasteiger partial charge in [0.15, 0.2) is 0 Å². The van der Waals surface area contributed by atoms with Crippen molar-refractivity contribution in [1.29, 1.82) is 0 Å². The molecule has 1 aliphatic heterocycles. The maximum atomic E-state index is 5.77. The van der Waals surface area contributed by atoms with E-state index >= 15 is 0 Å². The second kappa shape index (κ2) is 7.48. The van der Waals surface area contributed by atoms with Crippen molar-refractivity contribution >= 4 is 0 Å². The summed E-state index contributed by atoms with van der Waals surface area (Å²) in [6, 6.07) is 0. The Labute approximate surface area is 155 Å². The summed E-state index contributed by atoms with van der Waals surface area (Å²) < 4.78 is 9.53. The van der Waals surface area contributed by atoms with Crippen LogP contribution in [0.2, 0.25) is 0 Å². The molecule has 2 fully saturated rings. The fourth-order valence-corrected chi connectivity index (χ4v) is 4.68.